The molecule has 0 saturated heterocycles. The molecule has 0 amide bonds. The quantitative estimate of drug-likeness (QED) is 0.539. The van der Waals surface area contributed by atoms with Crippen molar-refractivity contribution in [2.45, 2.75) is 0 Å². The first kappa shape index (κ1) is 5.37. The monoisotopic (exact) mass is 287 g/mol. The van der Waals surface area contributed by atoms with Crippen LogP contribution >= 0.6 is 0 Å². The predicted molar refractivity (Wildman–Crippen MR) is 33.8 cm³/mol. The van der Waals surface area contributed by atoms with E-state index in [1.165, 1.54) is 3.17 Å². The molecule has 0 spiro atoms. The molecule has 0 aromatic carbocycles. The average molecular weight is 287 g/mol. The van der Waals surface area contributed by atoms with Gasteiger partial charge in [-0.2, -0.15) is 0 Å². The number of hydrogen-bond acceptors (Lipinski definition) is 1. The van der Waals surface area contributed by atoms with Gasteiger partial charge in [-0.1, -0.05) is 0 Å². The molecule has 1 heterocycles. The summed E-state index contributed by atoms with van der Waals surface area (Å²) in [4.78, 5) is 3.93. The summed E-state index contributed by atoms with van der Waals surface area (Å²) in [6.07, 6.45) is 3.70. The fourth-order valence-corrected chi connectivity index (χ4v) is 1.14. The zero-order valence-electron chi connectivity index (χ0n) is 3.83. The minimum atomic E-state index is 0.929. The van der Waals surface area contributed by atoms with Crippen LogP contribution in [0.15, 0.2) is 18.4 Å². The molecular weight excluding hydrogens is 282 g/mol. The molecule has 1 nitrogen and oxygen atoms in total. The summed E-state index contributed by atoms with van der Waals surface area (Å²) < 4.78 is 1.38. The molecule has 1 aromatic heterocycles. The van der Waals surface area contributed by atoms with Gasteiger partial charge >= 0.3 is 58.1 Å². The Hall–Kier alpha value is 0.228. The first-order valence-electron chi connectivity index (χ1n) is 2.05. The first-order chi connectivity index (χ1) is 3.39. The van der Waals surface area contributed by atoms with Gasteiger partial charge in [0.1, 0.15) is 0 Å². The van der Waals surface area contributed by atoms with Crippen molar-refractivity contribution in [2.75, 3.05) is 0 Å². The maximum atomic E-state index is 3.93. The van der Waals surface area contributed by atoms with Crippen molar-refractivity contribution in [1.82, 2.24) is 4.98 Å². The van der Waals surface area contributed by atoms with E-state index in [4.69, 9.17) is 0 Å². The number of aromatic nitrogens is 1. The molecule has 0 saturated carbocycles. The Labute approximate surface area is 58.2 Å². The third-order valence-corrected chi connectivity index (χ3v) is 2.01. The maximum absolute atomic E-state index is 3.93. The summed E-state index contributed by atoms with van der Waals surface area (Å²) in [5, 5.41) is 0. The normalized spacial score (nSPS) is 8.14. The molecule has 0 N–H and O–H groups in total. The minimum absolute atomic E-state index is 0.929. The summed E-state index contributed by atoms with van der Waals surface area (Å²) in [6.45, 7) is 2.09. The Morgan fingerprint density at radius 2 is 2.57 bits per heavy atom. The first-order valence-corrected chi connectivity index (χ1v) is 4.29. The van der Waals surface area contributed by atoms with Crippen molar-refractivity contribution in [1.29, 1.82) is 0 Å². The van der Waals surface area contributed by atoms with Gasteiger partial charge in [-0.15, -0.1) is 0 Å². The Kier molecular flexibility index (Phi) is 1.93. The standard InChI is InChI=1S/C4H3BN.Bi.2H/c1-3-6-4-2-5-1;;;/h1,3-4H;;;. The van der Waals surface area contributed by atoms with Gasteiger partial charge < -0.3 is 0 Å². The van der Waals surface area contributed by atoms with E-state index in [1.807, 2.05) is 12.2 Å². The van der Waals surface area contributed by atoms with Crippen LogP contribution in [0.3, 0.4) is 0 Å². The number of nitrogens with zero attached hydrogens (tertiary/aromatic N) is 1. The summed E-state index contributed by atoms with van der Waals surface area (Å²) in [6, 6.07) is 0. The van der Waals surface area contributed by atoms with Crippen LogP contribution in [-0.4, -0.2) is 36.6 Å². The Balaban J connectivity index is 3.02. The molecule has 0 bridgehead atoms. The van der Waals surface area contributed by atoms with E-state index in [-0.39, 0.29) is 0 Å². The number of hydrogen-bond donors (Lipinski definition) is 0. The fraction of sp³-hybridized carbons (Fsp3) is 0. The summed E-state index contributed by atoms with van der Waals surface area (Å²) in [7, 11) is 0. The predicted octanol–water partition coefficient (Wildman–Crippen LogP) is -1.32. The van der Waals surface area contributed by atoms with Gasteiger partial charge in [-0.3, -0.25) is 0 Å². The van der Waals surface area contributed by atoms with E-state index >= 15 is 0 Å². The number of rotatable bonds is 0. The van der Waals surface area contributed by atoms with Crippen molar-refractivity contribution in [2.24, 2.45) is 0 Å². The molecule has 0 aliphatic rings. The van der Waals surface area contributed by atoms with E-state index in [1.54, 1.807) is 6.20 Å². The van der Waals surface area contributed by atoms with Crippen LogP contribution in [0.5, 0.6) is 0 Å². The van der Waals surface area contributed by atoms with Crippen molar-refractivity contribution in [3.63, 3.8) is 0 Å². The SMILES string of the molecule is [BiH2][c]1bccnc1. The molecule has 34 valence electrons. The van der Waals surface area contributed by atoms with Crippen molar-refractivity contribution in [3.05, 3.63) is 18.4 Å². The average Bonchev–Trinajstić information content (AvgIpc) is 1.69. The molecule has 0 aliphatic heterocycles. The van der Waals surface area contributed by atoms with Crippen LogP contribution in [-0.2, 0) is 0 Å². The second-order valence-electron chi connectivity index (χ2n) is 1.29. The Bertz CT molecular complexity index is 142. The zero-order valence-corrected chi connectivity index (χ0v) is 8.32. The van der Waals surface area contributed by atoms with Crippen LogP contribution in [0.25, 0.3) is 0 Å². The summed E-state index contributed by atoms with van der Waals surface area (Å²) in [5.74, 6) is 1.97. The Morgan fingerprint density at radius 1 is 1.71 bits per heavy atom. The van der Waals surface area contributed by atoms with Gasteiger partial charge in [-0.25, -0.2) is 0 Å². The van der Waals surface area contributed by atoms with Gasteiger partial charge in [0.2, 0.25) is 0 Å². The van der Waals surface area contributed by atoms with Gasteiger partial charge in [0.05, 0.1) is 0 Å². The molecule has 7 heavy (non-hydrogen) atoms. The molecule has 0 atom stereocenters. The molecule has 0 aliphatic carbocycles. The topological polar surface area (TPSA) is 12.9 Å². The van der Waals surface area contributed by atoms with Crippen LogP contribution in [0, 0.1) is 0 Å². The second kappa shape index (κ2) is 2.51. The molecule has 0 radical (unpaired) electrons. The van der Waals surface area contributed by atoms with Crippen LogP contribution in [0.2, 0.25) is 0 Å². The summed E-state index contributed by atoms with van der Waals surface area (Å²) >= 11 is 0.929. The third-order valence-electron chi connectivity index (χ3n) is 0.684. The molecule has 1 aromatic rings. The third kappa shape index (κ3) is 1.64. The van der Waals surface area contributed by atoms with E-state index in [9.17, 15) is 0 Å². The van der Waals surface area contributed by atoms with Gasteiger partial charge in [0, 0.05) is 0 Å². The van der Waals surface area contributed by atoms with Crippen molar-refractivity contribution < 1.29 is 0 Å². The van der Waals surface area contributed by atoms with Crippen LogP contribution in [0.4, 0.5) is 0 Å². The van der Waals surface area contributed by atoms with Crippen LogP contribution < -0.4 is 3.17 Å². The molecular formula is C4H5BBiN. The molecule has 0 unspecified atom stereocenters. The molecule has 0 fully saturated rings. The Morgan fingerprint density at radius 3 is 2.86 bits per heavy atom. The van der Waals surface area contributed by atoms with Gasteiger partial charge in [0.15, 0.2) is 0 Å². The fourth-order valence-electron chi connectivity index (χ4n) is 0.376. The summed E-state index contributed by atoms with van der Waals surface area (Å²) in [5.41, 5.74) is 0. The second-order valence-corrected chi connectivity index (χ2v) is 3.88. The van der Waals surface area contributed by atoms with Crippen molar-refractivity contribution >= 4 is 34.8 Å². The van der Waals surface area contributed by atoms with Crippen molar-refractivity contribution in [3.8, 4) is 0 Å². The van der Waals surface area contributed by atoms with Gasteiger partial charge in [0.25, 0.3) is 0 Å². The van der Waals surface area contributed by atoms with E-state index < -0.39 is 0 Å². The van der Waals surface area contributed by atoms with E-state index in [0.717, 1.165) is 24.7 Å². The molecule has 3 heteroatoms. The van der Waals surface area contributed by atoms with E-state index in [0.29, 0.717) is 0 Å². The van der Waals surface area contributed by atoms with E-state index in [2.05, 4.69) is 11.9 Å². The molecule has 1 rings (SSSR count). The van der Waals surface area contributed by atoms with Gasteiger partial charge in [-0.05, 0) is 0 Å². The van der Waals surface area contributed by atoms with Crippen LogP contribution in [0.1, 0.15) is 0 Å². The zero-order chi connectivity index (χ0) is 5.11.